The maximum atomic E-state index is 10.1. The second-order valence-electron chi connectivity index (χ2n) is 3.61. The third kappa shape index (κ3) is 14.4. The maximum absolute atomic E-state index is 10.1. The third-order valence-electron chi connectivity index (χ3n) is 1.86. The van der Waals surface area contributed by atoms with E-state index in [1.165, 1.54) is 6.08 Å². The zero-order valence-electron chi connectivity index (χ0n) is 10.1. The zero-order valence-corrected chi connectivity index (χ0v) is 10.1. The molecule has 0 aliphatic heterocycles. The molecule has 0 aliphatic carbocycles. The van der Waals surface area contributed by atoms with Crippen LogP contribution in [0.1, 0.15) is 26.2 Å². The molecule has 1 atom stereocenters. The monoisotopic (exact) mass is 236 g/mol. The van der Waals surface area contributed by atoms with Gasteiger partial charge in [-0.2, -0.15) is 0 Å². The molecule has 17 heavy (non-hydrogen) atoms. The minimum Gasteiger partial charge on any atom is -0.478 e. The molecule has 2 N–H and O–H groups in total. The minimum absolute atomic E-state index is 0.399. The molecule has 94 valence electrons. The SMILES string of the molecule is C[C@H](O)/C=C/C=C/CCC/C=C/C=C/C(=O)O. The first kappa shape index (κ1) is 15.4. The molecule has 0 spiro atoms. The largest absolute Gasteiger partial charge is 0.478 e. The van der Waals surface area contributed by atoms with E-state index in [2.05, 4.69) is 0 Å². The lowest BCUT2D eigenvalue weighted by Crippen LogP contribution is -1.90. The number of unbranched alkanes of at least 4 members (excludes halogenated alkanes) is 2. The summed E-state index contributed by atoms with van der Waals surface area (Å²) in [5, 5.41) is 17.3. The van der Waals surface area contributed by atoms with Crippen LogP contribution in [0.25, 0.3) is 0 Å². The van der Waals surface area contributed by atoms with E-state index < -0.39 is 12.1 Å². The number of carboxylic acid groups (broad SMARTS) is 1. The van der Waals surface area contributed by atoms with Crippen LogP contribution in [-0.4, -0.2) is 22.3 Å². The molecule has 0 heterocycles. The molecule has 3 heteroatoms. The van der Waals surface area contributed by atoms with Crippen molar-refractivity contribution in [2.24, 2.45) is 0 Å². The normalized spacial score (nSPS) is 14.5. The van der Waals surface area contributed by atoms with Crippen molar-refractivity contribution in [2.75, 3.05) is 0 Å². The predicted octanol–water partition coefficient (Wildman–Crippen LogP) is 2.85. The molecule has 0 radical (unpaired) electrons. The fourth-order valence-corrected chi connectivity index (χ4v) is 1.07. The van der Waals surface area contributed by atoms with Crippen molar-refractivity contribution in [3.05, 3.63) is 48.6 Å². The molecule has 0 aromatic rings. The summed E-state index contributed by atoms with van der Waals surface area (Å²) >= 11 is 0. The summed E-state index contributed by atoms with van der Waals surface area (Å²) in [5.74, 6) is -0.928. The Morgan fingerprint density at radius 1 is 1.12 bits per heavy atom. The first-order valence-corrected chi connectivity index (χ1v) is 5.70. The third-order valence-corrected chi connectivity index (χ3v) is 1.86. The van der Waals surface area contributed by atoms with Crippen molar-refractivity contribution >= 4 is 5.97 Å². The summed E-state index contributed by atoms with van der Waals surface area (Å²) in [7, 11) is 0. The van der Waals surface area contributed by atoms with Crippen molar-refractivity contribution in [3.8, 4) is 0 Å². The number of carboxylic acids is 1. The van der Waals surface area contributed by atoms with Crippen LogP contribution in [0.2, 0.25) is 0 Å². The first-order chi connectivity index (χ1) is 8.13. The summed E-state index contributed by atoms with van der Waals surface area (Å²) < 4.78 is 0. The van der Waals surface area contributed by atoms with Crippen molar-refractivity contribution < 1.29 is 15.0 Å². The Balaban J connectivity index is 3.49. The van der Waals surface area contributed by atoms with Crippen molar-refractivity contribution in [2.45, 2.75) is 32.3 Å². The standard InChI is InChI=1S/C14H20O3/c1-13(15)11-9-7-5-3-2-4-6-8-10-12-14(16)17/h5-13,15H,2-4H2,1H3,(H,16,17)/b7-5+,8-6+,11-9+,12-10+/t13-/m0/s1. The highest BCUT2D eigenvalue weighted by Gasteiger charge is 1.83. The molecule has 3 nitrogen and oxygen atoms in total. The van der Waals surface area contributed by atoms with Crippen molar-refractivity contribution in [3.63, 3.8) is 0 Å². The van der Waals surface area contributed by atoms with E-state index in [0.717, 1.165) is 25.3 Å². The van der Waals surface area contributed by atoms with Crippen LogP contribution in [0.3, 0.4) is 0 Å². The average molecular weight is 236 g/mol. The van der Waals surface area contributed by atoms with Crippen LogP contribution in [-0.2, 0) is 4.79 Å². The van der Waals surface area contributed by atoms with Gasteiger partial charge in [-0.1, -0.05) is 42.5 Å². The fraction of sp³-hybridized carbons (Fsp3) is 0.357. The Labute approximate surface area is 102 Å². The van der Waals surface area contributed by atoms with Gasteiger partial charge in [-0.3, -0.25) is 0 Å². The lowest BCUT2D eigenvalue weighted by molar-refractivity contribution is -0.131. The first-order valence-electron chi connectivity index (χ1n) is 5.70. The van der Waals surface area contributed by atoms with Gasteiger partial charge >= 0.3 is 5.97 Å². The fourth-order valence-electron chi connectivity index (χ4n) is 1.07. The number of hydrogen-bond donors (Lipinski definition) is 2. The highest BCUT2D eigenvalue weighted by atomic mass is 16.4. The molecule has 0 unspecified atom stereocenters. The molecule has 0 saturated heterocycles. The zero-order chi connectivity index (χ0) is 12.9. The van der Waals surface area contributed by atoms with Gasteiger partial charge in [-0.25, -0.2) is 4.79 Å². The van der Waals surface area contributed by atoms with Gasteiger partial charge in [0.05, 0.1) is 6.10 Å². The van der Waals surface area contributed by atoms with E-state index >= 15 is 0 Å². The number of hydrogen-bond acceptors (Lipinski definition) is 2. The summed E-state index contributed by atoms with van der Waals surface area (Å²) in [6.07, 6.45) is 16.3. The number of rotatable bonds is 8. The molecule has 0 rings (SSSR count). The molecule has 0 amide bonds. The maximum Gasteiger partial charge on any atom is 0.328 e. The van der Waals surface area contributed by atoms with Crippen LogP contribution in [0.15, 0.2) is 48.6 Å². The molecule has 0 bridgehead atoms. The van der Waals surface area contributed by atoms with Gasteiger partial charge < -0.3 is 10.2 Å². The van der Waals surface area contributed by atoms with Crippen LogP contribution in [0.5, 0.6) is 0 Å². The average Bonchev–Trinajstić information content (AvgIpc) is 2.25. The number of aliphatic hydroxyl groups excluding tert-OH is 1. The Morgan fingerprint density at radius 3 is 2.24 bits per heavy atom. The van der Waals surface area contributed by atoms with Gasteiger partial charge in [0.1, 0.15) is 0 Å². The van der Waals surface area contributed by atoms with E-state index in [9.17, 15) is 4.79 Å². The van der Waals surface area contributed by atoms with E-state index in [4.69, 9.17) is 10.2 Å². The summed E-state index contributed by atoms with van der Waals surface area (Å²) in [5.41, 5.74) is 0. The molecule has 0 aliphatic rings. The van der Waals surface area contributed by atoms with Gasteiger partial charge in [-0.05, 0) is 26.2 Å². The van der Waals surface area contributed by atoms with Crippen molar-refractivity contribution in [1.29, 1.82) is 0 Å². The number of aliphatic carboxylic acids is 1. The predicted molar refractivity (Wildman–Crippen MR) is 69.7 cm³/mol. The minimum atomic E-state index is -0.928. The highest BCUT2D eigenvalue weighted by Crippen LogP contribution is 1.98. The summed E-state index contributed by atoms with van der Waals surface area (Å²) in [4.78, 5) is 10.1. The number of aliphatic hydroxyl groups is 1. The quantitative estimate of drug-likeness (QED) is 0.387. The highest BCUT2D eigenvalue weighted by molar-refractivity contribution is 5.80. The lowest BCUT2D eigenvalue weighted by atomic mass is 10.2. The van der Waals surface area contributed by atoms with Gasteiger partial charge in [0.2, 0.25) is 0 Å². The van der Waals surface area contributed by atoms with Gasteiger partial charge in [-0.15, -0.1) is 0 Å². The molecule has 0 aromatic carbocycles. The smallest absolute Gasteiger partial charge is 0.328 e. The van der Waals surface area contributed by atoms with Crippen LogP contribution in [0, 0.1) is 0 Å². The lowest BCUT2D eigenvalue weighted by Gasteiger charge is -1.90. The topological polar surface area (TPSA) is 57.5 Å². The molecule has 0 fully saturated rings. The van der Waals surface area contributed by atoms with Crippen LogP contribution < -0.4 is 0 Å². The van der Waals surface area contributed by atoms with E-state index in [0.29, 0.717) is 0 Å². The summed E-state index contributed by atoms with van der Waals surface area (Å²) in [6, 6.07) is 0. The van der Waals surface area contributed by atoms with E-state index in [1.54, 1.807) is 19.1 Å². The molecular weight excluding hydrogens is 216 g/mol. The Morgan fingerprint density at radius 2 is 1.71 bits per heavy atom. The number of carbonyl (C=O) groups is 1. The van der Waals surface area contributed by atoms with E-state index in [1.807, 2.05) is 24.3 Å². The van der Waals surface area contributed by atoms with E-state index in [-0.39, 0.29) is 0 Å². The van der Waals surface area contributed by atoms with Gasteiger partial charge in [0.15, 0.2) is 0 Å². The molecule has 0 aromatic heterocycles. The molecule has 0 saturated carbocycles. The number of allylic oxidation sites excluding steroid dienone is 6. The van der Waals surface area contributed by atoms with Crippen LogP contribution >= 0.6 is 0 Å². The molecular formula is C14H20O3. The van der Waals surface area contributed by atoms with Crippen LogP contribution in [0.4, 0.5) is 0 Å². The van der Waals surface area contributed by atoms with Gasteiger partial charge in [0, 0.05) is 6.08 Å². The Bertz CT molecular complexity index is 309. The Hall–Kier alpha value is -1.61. The van der Waals surface area contributed by atoms with Gasteiger partial charge in [0.25, 0.3) is 0 Å². The van der Waals surface area contributed by atoms with Crippen molar-refractivity contribution in [1.82, 2.24) is 0 Å². The Kier molecular flexibility index (Phi) is 9.86. The summed E-state index contributed by atoms with van der Waals surface area (Å²) in [6.45, 7) is 1.71. The second-order valence-corrected chi connectivity index (χ2v) is 3.61. The second kappa shape index (κ2) is 10.9.